The molecule has 0 aliphatic rings. The number of aromatic carboxylic acids is 1. The van der Waals surface area contributed by atoms with Crippen LogP contribution in [-0.2, 0) is 0 Å². The monoisotopic (exact) mass is 213 g/mol. The topological polar surface area (TPSA) is 40.5 Å². The zero-order valence-corrected chi connectivity index (χ0v) is 9.68. The van der Waals surface area contributed by atoms with Crippen LogP contribution in [0, 0.1) is 0 Å². The van der Waals surface area contributed by atoms with Gasteiger partial charge in [0.25, 0.3) is 0 Å². The predicted molar refractivity (Wildman–Crippen MR) is 59.4 cm³/mol. The van der Waals surface area contributed by atoms with Crippen molar-refractivity contribution in [2.75, 3.05) is 11.9 Å². The Morgan fingerprint density at radius 3 is 2.43 bits per heavy atom. The van der Waals surface area contributed by atoms with E-state index in [0.717, 1.165) is 5.69 Å². The molecule has 0 unspecified atom stereocenters. The van der Waals surface area contributed by atoms with Gasteiger partial charge in [-0.2, -0.15) is 0 Å². The molecule has 0 aliphatic carbocycles. The van der Waals surface area contributed by atoms with Crippen molar-refractivity contribution < 1.29 is 9.90 Å². The Kier molecular flexibility index (Phi) is 2.85. The van der Waals surface area contributed by atoms with Gasteiger partial charge in [0.15, 0.2) is 0 Å². The molecule has 4 heteroatoms. The highest BCUT2D eigenvalue weighted by Gasteiger charge is 2.19. The highest BCUT2D eigenvalue weighted by molar-refractivity contribution is 7.12. The van der Waals surface area contributed by atoms with E-state index < -0.39 is 5.97 Å². The first-order chi connectivity index (χ1) is 6.32. The maximum atomic E-state index is 10.7. The molecule has 0 spiro atoms. The molecule has 1 N–H and O–H groups in total. The normalized spacial score (nSPS) is 11.4. The molecular formula is C10H15NO2S. The lowest BCUT2D eigenvalue weighted by Crippen LogP contribution is -2.37. The van der Waals surface area contributed by atoms with Gasteiger partial charge in [0.2, 0.25) is 0 Å². The van der Waals surface area contributed by atoms with Gasteiger partial charge in [-0.25, -0.2) is 4.79 Å². The number of carbonyl (C=O) groups is 1. The van der Waals surface area contributed by atoms with E-state index in [1.54, 1.807) is 6.07 Å². The second kappa shape index (κ2) is 3.61. The molecule has 0 aromatic carbocycles. The van der Waals surface area contributed by atoms with Gasteiger partial charge in [-0.05, 0) is 26.8 Å². The minimum absolute atomic E-state index is 0.0108. The Bertz CT molecular complexity index is 338. The molecule has 1 heterocycles. The summed E-state index contributed by atoms with van der Waals surface area (Å²) in [5.41, 5.74) is 0.969. The smallest absolute Gasteiger partial charge is 0.345 e. The molecule has 1 aromatic heterocycles. The molecule has 0 radical (unpaired) electrons. The first kappa shape index (κ1) is 11.0. The summed E-state index contributed by atoms with van der Waals surface area (Å²) in [6.07, 6.45) is 0. The van der Waals surface area contributed by atoms with Crippen LogP contribution in [0.2, 0.25) is 0 Å². The molecule has 0 saturated carbocycles. The van der Waals surface area contributed by atoms with Crippen LogP contribution in [0.4, 0.5) is 5.69 Å². The second-order valence-electron chi connectivity index (χ2n) is 4.20. The van der Waals surface area contributed by atoms with Gasteiger partial charge in [-0.1, -0.05) is 0 Å². The molecule has 0 saturated heterocycles. The highest BCUT2D eigenvalue weighted by Crippen LogP contribution is 2.27. The summed E-state index contributed by atoms with van der Waals surface area (Å²) in [5, 5.41) is 10.6. The van der Waals surface area contributed by atoms with E-state index in [1.165, 1.54) is 11.3 Å². The maximum absolute atomic E-state index is 10.7. The van der Waals surface area contributed by atoms with E-state index in [1.807, 2.05) is 12.4 Å². The summed E-state index contributed by atoms with van der Waals surface area (Å²) in [6, 6.07) is 1.71. The van der Waals surface area contributed by atoms with Gasteiger partial charge in [0.1, 0.15) is 4.88 Å². The first-order valence-electron chi connectivity index (χ1n) is 4.38. The Labute approximate surface area is 88.0 Å². The van der Waals surface area contributed by atoms with Crippen molar-refractivity contribution in [1.82, 2.24) is 0 Å². The summed E-state index contributed by atoms with van der Waals surface area (Å²) in [7, 11) is 1.97. The van der Waals surface area contributed by atoms with Crippen LogP contribution in [0.3, 0.4) is 0 Å². The van der Waals surface area contributed by atoms with Crippen molar-refractivity contribution in [2.45, 2.75) is 26.3 Å². The van der Waals surface area contributed by atoms with Crippen LogP contribution in [-0.4, -0.2) is 23.7 Å². The summed E-state index contributed by atoms with van der Waals surface area (Å²) in [4.78, 5) is 13.1. The first-order valence-corrected chi connectivity index (χ1v) is 5.26. The number of anilines is 1. The zero-order valence-electron chi connectivity index (χ0n) is 8.87. The summed E-state index contributed by atoms with van der Waals surface area (Å²) >= 11 is 1.26. The van der Waals surface area contributed by atoms with Gasteiger partial charge in [-0.3, -0.25) is 0 Å². The lowest BCUT2D eigenvalue weighted by atomic mass is 10.1. The van der Waals surface area contributed by atoms with Gasteiger partial charge in [-0.15, -0.1) is 11.3 Å². The van der Waals surface area contributed by atoms with Crippen molar-refractivity contribution in [3.8, 4) is 0 Å². The van der Waals surface area contributed by atoms with Crippen molar-refractivity contribution in [2.24, 2.45) is 0 Å². The maximum Gasteiger partial charge on any atom is 0.345 e. The average Bonchev–Trinajstić information content (AvgIpc) is 2.48. The molecule has 1 rings (SSSR count). The van der Waals surface area contributed by atoms with Crippen LogP contribution >= 0.6 is 11.3 Å². The standard InChI is InChI=1S/C10H15NO2S/c1-10(2,3)11(4)7-5-8(9(12)13)14-6-7/h5-6H,1-4H3,(H,12,13). The largest absolute Gasteiger partial charge is 0.477 e. The summed E-state index contributed by atoms with van der Waals surface area (Å²) < 4.78 is 0. The van der Waals surface area contributed by atoms with E-state index in [4.69, 9.17) is 5.11 Å². The van der Waals surface area contributed by atoms with Crippen LogP contribution in [0.5, 0.6) is 0 Å². The van der Waals surface area contributed by atoms with Crippen LogP contribution in [0.15, 0.2) is 11.4 Å². The fraction of sp³-hybridized carbons (Fsp3) is 0.500. The molecular weight excluding hydrogens is 198 g/mol. The molecule has 0 bridgehead atoms. The molecule has 1 aromatic rings. The zero-order chi connectivity index (χ0) is 10.9. The molecule has 78 valence electrons. The number of carboxylic acids is 1. The fourth-order valence-corrected chi connectivity index (χ4v) is 1.77. The van der Waals surface area contributed by atoms with E-state index in [2.05, 4.69) is 25.7 Å². The van der Waals surface area contributed by atoms with Crippen molar-refractivity contribution in [3.63, 3.8) is 0 Å². The fourth-order valence-electron chi connectivity index (χ4n) is 1.00. The number of hydrogen-bond acceptors (Lipinski definition) is 3. The van der Waals surface area contributed by atoms with Gasteiger partial charge in [0, 0.05) is 23.7 Å². The van der Waals surface area contributed by atoms with E-state index in [-0.39, 0.29) is 5.54 Å². The summed E-state index contributed by atoms with van der Waals surface area (Å²) in [5.74, 6) is -0.858. The number of hydrogen-bond donors (Lipinski definition) is 1. The summed E-state index contributed by atoms with van der Waals surface area (Å²) in [6.45, 7) is 6.27. The van der Waals surface area contributed by atoms with E-state index in [9.17, 15) is 4.79 Å². The number of rotatable bonds is 2. The SMILES string of the molecule is CN(c1csc(C(=O)O)c1)C(C)(C)C. The van der Waals surface area contributed by atoms with Gasteiger partial charge >= 0.3 is 5.97 Å². The third kappa shape index (κ3) is 2.26. The lowest BCUT2D eigenvalue weighted by Gasteiger charge is -2.33. The average molecular weight is 213 g/mol. The molecule has 0 atom stereocenters. The Morgan fingerprint density at radius 1 is 1.50 bits per heavy atom. The predicted octanol–water partition coefficient (Wildman–Crippen LogP) is 2.68. The number of nitrogens with zero attached hydrogens (tertiary/aromatic N) is 1. The van der Waals surface area contributed by atoms with E-state index >= 15 is 0 Å². The third-order valence-corrected chi connectivity index (χ3v) is 3.10. The Balaban J connectivity index is 2.92. The Hall–Kier alpha value is -1.03. The van der Waals surface area contributed by atoms with Crippen LogP contribution < -0.4 is 4.90 Å². The highest BCUT2D eigenvalue weighted by atomic mass is 32.1. The second-order valence-corrected chi connectivity index (χ2v) is 5.12. The quantitative estimate of drug-likeness (QED) is 0.821. The third-order valence-electron chi connectivity index (χ3n) is 2.19. The molecule has 3 nitrogen and oxygen atoms in total. The minimum Gasteiger partial charge on any atom is -0.477 e. The van der Waals surface area contributed by atoms with E-state index in [0.29, 0.717) is 4.88 Å². The molecule has 0 amide bonds. The molecule has 0 fully saturated rings. The number of thiophene rings is 1. The number of carboxylic acid groups (broad SMARTS) is 1. The van der Waals surface area contributed by atoms with Crippen LogP contribution in [0.1, 0.15) is 30.4 Å². The molecule has 0 aliphatic heterocycles. The lowest BCUT2D eigenvalue weighted by molar-refractivity contribution is 0.0702. The van der Waals surface area contributed by atoms with Crippen LogP contribution in [0.25, 0.3) is 0 Å². The Morgan fingerprint density at radius 2 is 2.07 bits per heavy atom. The van der Waals surface area contributed by atoms with Crippen molar-refractivity contribution >= 4 is 23.0 Å². The van der Waals surface area contributed by atoms with Crippen molar-refractivity contribution in [3.05, 3.63) is 16.3 Å². The van der Waals surface area contributed by atoms with Gasteiger partial charge < -0.3 is 10.0 Å². The van der Waals surface area contributed by atoms with Gasteiger partial charge in [0.05, 0.1) is 0 Å². The van der Waals surface area contributed by atoms with Crippen molar-refractivity contribution in [1.29, 1.82) is 0 Å². The molecule has 14 heavy (non-hydrogen) atoms. The minimum atomic E-state index is -0.858.